The average Bonchev–Trinajstić information content (AvgIpc) is 2.03. The zero-order valence-electron chi connectivity index (χ0n) is 6.90. The summed E-state index contributed by atoms with van der Waals surface area (Å²) in [6.45, 7) is 1.67. The van der Waals surface area contributed by atoms with Crippen LogP contribution >= 0.6 is 0 Å². The summed E-state index contributed by atoms with van der Waals surface area (Å²) in [7, 11) is 0. The summed E-state index contributed by atoms with van der Waals surface area (Å²) in [6, 6.07) is 2.65. The molecule has 0 fully saturated rings. The Labute approximate surface area is 73.2 Å². The average molecular weight is 185 g/mol. The van der Waals surface area contributed by atoms with Crippen LogP contribution in [0.4, 0.5) is 4.39 Å². The first kappa shape index (κ1) is 9.44. The standard InChI is InChI=1S/C8H8FNO3/c1-5-2-3-10(6(11)4-5)7(9)8(12)13/h2-4,7H,1H3,(H,12,13). The Morgan fingerprint density at radius 2 is 2.31 bits per heavy atom. The number of aryl methyl sites for hydroxylation is 1. The highest BCUT2D eigenvalue weighted by atomic mass is 19.1. The van der Waals surface area contributed by atoms with Gasteiger partial charge in [0.1, 0.15) is 0 Å². The summed E-state index contributed by atoms with van der Waals surface area (Å²) in [4.78, 5) is 21.2. The molecule has 0 aliphatic rings. The highest BCUT2D eigenvalue weighted by molar-refractivity contribution is 5.70. The van der Waals surface area contributed by atoms with E-state index in [-0.39, 0.29) is 0 Å². The van der Waals surface area contributed by atoms with Gasteiger partial charge < -0.3 is 5.11 Å². The fourth-order valence-electron chi connectivity index (χ4n) is 0.895. The van der Waals surface area contributed by atoms with Crippen LogP contribution < -0.4 is 5.56 Å². The number of nitrogens with zero attached hydrogens (tertiary/aromatic N) is 1. The Morgan fingerprint density at radius 1 is 1.69 bits per heavy atom. The fraction of sp³-hybridized carbons (Fsp3) is 0.250. The molecule has 1 aromatic rings. The quantitative estimate of drug-likeness (QED) is 0.738. The topological polar surface area (TPSA) is 59.3 Å². The van der Waals surface area contributed by atoms with Crippen LogP contribution in [-0.4, -0.2) is 15.6 Å². The van der Waals surface area contributed by atoms with E-state index < -0.39 is 17.8 Å². The molecule has 0 radical (unpaired) electrons. The lowest BCUT2D eigenvalue weighted by atomic mass is 10.3. The van der Waals surface area contributed by atoms with Crippen molar-refractivity contribution in [2.24, 2.45) is 0 Å². The molecule has 13 heavy (non-hydrogen) atoms. The van der Waals surface area contributed by atoms with Gasteiger partial charge in [-0.1, -0.05) is 0 Å². The van der Waals surface area contributed by atoms with Crippen molar-refractivity contribution < 1.29 is 14.3 Å². The van der Waals surface area contributed by atoms with Gasteiger partial charge in [-0.3, -0.25) is 9.36 Å². The van der Waals surface area contributed by atoms with Crippen molar-refractivity contribution in [1.82, 2.24) is 4.57 Å². The van der Waals surface area contributed by atoms with E-state index in [4.69, 9.17) is 5.11 Å². The largest absolute Gasteiger partial charge is 0.478 e. The number of alkyl halides is 1. The van der Waals surface area contributed by atoms with Crippen molar-refractivity contribution in [2.75, 3.05) is 0 Å². The van der Waals surface area contributed by atoms with E-state index in [2.05, 4.69) is 0 Å². The van der Waals surface area contributed by atoms with Crippen LogP contribution in [0.3, 0.4) is 0 Å². The minimum Gasteiger partial charge on any atom is -0.478 e. The molecule has 0 aliphatic carbocycles. The Hall–Kier alpha value is -1.65. The van der Waals surface area contributed by atoms with Gasteiger partial charge in [-0.15, -0.1) is 0 Å². The zero-order valence-corrected chi connectivity index (χ0v) is 6.90. The highest BCUT2D eigenvalue weighted by Gasteiger charge is 2.18. The monoisotopic (exact) mass is 185 g/mol. The molecule has 1 unspecified atom stereocenters. The van der Waals surface area contributed by atoms with Crippen molar-refractivity contribution in [3.05, 3.63) is 34.2 Å². The molecular weight excluding hydrogens is 177 g/mol. The normalized spacial score (nSPS) is 12.5. The van der Waals surface area contributed by atoms with Gasteiger partial charge in [0.15, 0.2) is 0 Å². The number of halogens is 1. The molecule has 0 aromatic carbocycles. The molecule has 1 aromatic heterocycles. The third kappa shape index (κ3) is 1.93. The van der Waals surface area contributed by atoms with Gasteiger partial charge in [0.25, 0.3) is 11.9 Å². The first-order valence-electron chi connectivity index (χ1n) is 3.58. The van der Waals surface area contributed by atoms with Crippen molar-refractivity contribution in [2.45, 2.75) is 13.2 Å². The smallest absolute Gasteiger partial charge is 0.360 e. The Morgan fingerprint density at radius 3 is 2.77 bits per heavy atom. The van der Waals surface area contributed by atoms with Crippen LogP contribution in [-0.2, 0) is 4.79 Å². The molecular formula is C8H8FNO3. The Bertz CT molecular complexity index is 385. The zero-order chi connectivity index (χ0) is 10.0. The summed E-state index contributed by atoms with van der Waals surface area (Å²) in [5.41, 5.74) is 0.00809. The lowest BCUT2D eigenvalue weighted by Crippen LogP contribution is -2.26. The maximum atomic E-state index is 12.8. The van der Waals surface area contributed by atoms with E-state index in [0.717, 1.165) is 6.20 Å². The third-order valence-electron chi connectivity index (χ3n) is 1.55. The minimum absolute atomic E-state index is 0.523. The maximum Gasteiger partial charge on any atom is 0.360 e. The van der Waals surface area contributed by atoms with Gasteiger partial charge in [-0.05, 0) is 18.6 Å². The summed E-state index contributed by atoms with van der Waals surface area (Å²) in [6.07, 6.45) is -1.19. The molecule has 70 valence electrons. The summed E-state index contributed by atoms with van der Waals surface area (Å²) < 4.78 is 13.3. The molecule has 0 spiro atoms. The van der Waals surface area contributed by atoms with E-state index in [9.17, 15) is 14.0 Å². The molecule has 5 heteroatoms. The predicted octanol–water partition coefficient (Wildman–Crippen LogP) is 0.709. The van der Waals surface area contributed by atoms with Crippen molar-refractivity contribution in [1.29, 1.82) is 0 Å². The number of carboxylic acids is 1. The van der Waals surface area contributed by atoms with Crippen LogP contribution in [0.25, 0.3) is 0 Å². The highest BCUT2D eigenvalue weighted by Crippen LogP contribution is 2.04. The van der Waals surface area contributed by atoms with Crippen LogP contribution in [0.5, 0.6) is 0 Å². The number of pyridine rings is 1. The van der Waals surface area contributed by atoms with Crippen molar-refractivity contribution >= 4 is 5.97 Å². The number of rotatable bonds is 2. The Balaban J connectivity index is 3.16. The maximum absolute atomic E-state index is 12.8. The van der Waals surface area contributed by atoms with E-state index in [1.807, 2.05) is 0 Å². The van der Waals surface area contributed by atoms with Crippen LogP contribution in [0.2, 0.25) is 0 Å². The van der Waals surface area contributed by atoms with E-state index in [1.165, 1.54) is 12.1 Å². The van der Waals surface area contributed by atoms with Crippen LogP contribution in [0.1, 0.15) is 11.9 Å². The fourth-order valence-corrected chi connectivity index (χ4v) is 0.895. The van der Waals surface area contributed by atoms with Crippen molar-refractivity contribution in [3.8, 4) is 0 Å². The number of hydrogen-bond acceptors (Lipinski definition) is 2. The minimum atomic E-state index is -2.31. The van der Waals surface area contributed by atoms with E-state index in [0.29, 0.717) is 10.1 Å². The van der Waals surface area contributed by atoms with Gasteiger partial charge >= 0.3 is 5.97 Å². The van der Waals surface area contributed by atoms with E-state index >= 15 is 0 Å². The van der Waals surface area contributed by atoms with E-state index in [1.54, 1.807) is 6.92 Å². The lowest BCUT2D eigenvalue weighted by molar-refractivity contribution is -0.146. The number of aliphatic carboxylic acids is 1. The molecule has 1 rings (SSSR count). The predicted molar refractivity (Wildman–Crippen MR) is 43.2 cm³/mol. The molecule has 0 saturated heterocycles. The second-order valence-electron chi connectivity index (χ2n) is 2.62. The molecule has 0 bridgehead atoms. The SMILES string of the molecule is Cc1ccn(C(F)C(=O)O)c(=O)c1. The van der Waals surface area contributed by atoms with Crippen LogP contribution in [0.15, 0.2) is 23.1 Å². The van der Waals surface area contributed by atoms with Crippen LogP contribution in [0, 0.1) is 6.92 Å². The molecule has 1 atom stereocenters. The summed E-state index contributed by atoms with van der Waals surface area (Å²) in [5, 5.41) is 8.29. The number of aromatic nitrogens is 1. The molecule has 1 N–H and O–H groups in total. The number of hydrogen-bond donors (Lipinski definition) is 1. The molecule has 0 amide bonds. The van der Waals surface area contributed by atoms with Gasteiger partial charge in [-0.2, -0.15) is 0 Å². The van der Waals surface area contributed by atoms with Crippen molar-refractivity contribution in [3.63, 3.8) is 0 Å². The summed E-state index contributed by atoms with van der Waals surface area (Å²) >= 11 is 0. The van der Waals surface area contributed by atoms with Gasteiger partial charge in [-0.25, -0.2) is 9.18 Å². The summed E-state index contributed by atoms with van der Waals surface area (Å²) in [5.74, 6) is -1.68. The second kappa shape index (κ2) is 3.38. The molecule has 1 heterocycles. The van der Waals surface area contributed by atoms with Gasteiger partial charge in [0.2, 0.25) is 0 Å². The molecule has 0 saturated carbocycles. The number of carboxylic acid groups (broad SMARTS) is 1. The van der Waals surface area contributed by atoms with Gasteiger partial charge in [0.05, 0.1) is 0 Å². The Kier molecular flexibility index (Phi) is 2.46. The molecule has 4 nitrogen and oxygen atoms in total. The molecule has 0 aliphatic heterocycles. The van der Waals surface area contributed by atoms with Gasteiger partial charge in [0, 0.05) is 12.3 Å². The second-order valence-corrected chi connectivity index (χ2v) is 2.62. The lowest BCUT2D eigenvalue weighted by Gasteiger charge is -2.06. The number of carbonyl (C=O) groups is 1. The first-order chi connectivity index (χ1) is 6.02. The first-order valence-corrected chi connectivity index (χ1v) is 3.58. The third-order valence-corrected chi connectivity index (χ3v) is 1.55.